The van der Waals surface area contributed by atoms with E-state index in [1.807, 2.05) is 0 Å². The molecule has 2 aromatic heterocycles. The largest absolute Gasteiger partial charge is 0.329 e. The number of aryl methyl sites for hydroxylation is 2. The second-order valence-corrected chi connectivity index (χ2v) is 7.00. The van der Waals surface area contributed by atoms with Crippen LogP contribution in [0.1, 0.15) is 38.7 Å². The van der Waals surface area contributed by atoms with Crippen LogP contribution >= 0.6 is 0 Å². The Hall–Kier alpha value is -3.50. The van der Waals surface area contributed by atoms with Crippen molar-refractivity contribution in [1.82, 2.24) is 19.7 Å². The SMILES string of the molecule is [2H]c1nc(N([2H])c2c([2H])c([2H])c(C([2H])([2H])[2H])c(S(=O)(=O)N([2H])[2H])c2[2H])nc(N(c2c([2H])c([2H])c3c(C([2H])([2H])[2H])n(C([2H])([2H])[2H])nc3c2[2H])C([2H])([2H])[2H])c1[2H]. The summed E-state index contributed by atoms with van der Waals surface area (Å²) < 4.78 is 211. The predicted octanol–water partition coefficient (Wildman–Crippen LogP) is 3.14. The first-order valence-corrected chi connectivity index (χ1v) is 9.29. The van der Waals surface area contributed by atoms with Crippen LogP contribution in [0.3, 0.4) is 0 Å². The Labute approximate surface area is 213 Å². The van der Waals surface area contributed by atoms with Gasteiger partial charge in [0, 0.05) is 59.0 Å². The quantitative estimate of drug-likeness (QED) is 0.453. The van der Waals surface area contributed by atoms with Crippen LogP contribution in [-0.4, -0.2) is 35.1 Å². The molecule has 4 rings (SSSR count). The summed E-state index contributed by atoms with van der Waals surface area (Å²) in [5.41, 5.74) is -5.91. The zero-order valence-electron chi connectivity index (χ0n) is 37.9. The Kier molecular flexibility index (Phi) is 1.66. The summed E-state index contributed by atoms with van der Waals surface area (Å²) >= 11 is 0. The molecule has 0 atom stereocenters. The Bertz CT molecular complexity index is 2300. The second kappa shape index (κ2) is 7.64. The third-order valence-corrected chi connectivity index (χ3v) is 4.45. The number of benzene rings is 2. The first-order chi connectivity index (χ1) is 24.2. The number of aromatic nitrogens is 4. The summed E-state index contributed by atoms with van der Waals surface area (Å²) in [6.45, 7) is -13.8. The van der Waals surface area contributed by atoms with Crippen LogP contribution in [0.5, 0.6) is 0 Å². The van der Waals surface area contributed by atoms with E-state index < -0.39 is 141 Å². The van der Waals surface area contributed by atoms with Crippen LogP contribution < -0.4 is 15.3 Å². The molecule has 0 aliphatic rings. The monoisotopic (exact) mass is 460 g/mol. The van der Waals surface area contributed by atoms with Gasteiger partial charge in [-0.05, 0) is 55.5 Å². The normalized spacial score (nSPS) is 24.1. The average Bonchev–Trinajstić information content (AvgIpc) is 3.43. The highest BCUT2D eigenvalue weighted by Crippen LogP contribution is 2.28. The second-order valence-electron chi connectivity index (χ2n) is 5.64. The van der Waals surface area contributed by atoms with E-state index in [1.165, 1.54) is 0 Å². The van der Waals surface area contributed by atoms with Gasteiger partial charge in [-0.3, -0.25) is 4.68 Å². The van der Waals surface area contributed by atoms with E-state index in [1.54, 1.807) is 0 Å². The summed E-state index contributed by atoms with van der Waals surface area (Å²) in [5, 5.41) is 1.61. The number of nitrogens with one attached hydrogen (secondary N) is 1. The summed E-state index contributed by atoms with van der Waals surface area (Å²) in [4.78, 5) is 5.52. The number of nitrogens with zero attached hydrogens (tertiary/aromatic N) is 5. The minimum atomic E-state index is -5.56. The number of primary sulfonamides is 1. The number of sulfonamides is 1. The van der Waals surface area contributed by atoms with Crippen LogP contribution in [0, 0.1) is 13.7 Å². The van der Waals surface area contributed by atoms with E-state index in [0.29, 0.717) is 0 Å². The molecule has 2 aromatic carbocycles. The Morgan fingerprint density at radius 3 is 2.97 bits per heavy atom. The van der Waals surface area contributed by atoms with Crippen LogP contribution in [0.2, 0.25) is 4.24 Å². The van der Waals surface area contributed by atoms with E-state index in [2.05, 4.69) is 15.1 Å². The molecule has 0 saturated carbocycles. The number of nitrogens with two attached hydrogens (primary N) is 1. The van der Waals surface area contributed by atoms with Gasteiger partial charge in [-0.2, -0.15) is 10.1 Å². The molecule has 0 spiro atoms. The fourth-order valence-electron chi connectivity index (χ4n) is 2.27. The molecule has 0 saturated heterocycles. The lowest BCUT2D eigenvalue weighted by Gasteiger charge is -2.19. The van der Waals surface area contributed by atoms with E-state index in [9.17, 15) is 8.42 Å². The van der Waals surface area contributed by atoms with Crippen molar-refractivity contribution in [1.29, 1.82) is 0 Å². The molecule has 0 amide bonds. The fourth-order valence-corrected chi connectivity index (χ4v) is 2.80. The molecule has 9 nitrogen and oxygen atoms in total. The van der Waals surface area contributed by atoms with Gasteiger partial charge in [-0.25, -0.2) is 18.5 Å². The van der Waals surface area contributed by atoms with E-state index in [4.69, 9.17) is 31.7 Å². The minimum absolute atomic E-state index is 0.00625. The maximum atomic E-state index is 12.9. The third-order valence-electron chi connectivity index (χ3n) is 3.63. The van der Waals surface area contributed by atoms with Crippen molar-refractivity contribution < 1.29 is 40.1 Å². The molecule has 31 heavy (non-hydrogen) atoms. The number of hydrogen-bond acceptors (Lipinski definition) is 7. The minimum Gasteiger partial charge on any atom is -0.329 e. The van der Waals surface area contributed by atoms with Crippen LogP contribution in [0.15, 0.2) is 53.4 Å². The van der Waals surface area contributed by atoms with Crippen molar-refractivity contribution >= 4 is 44.1 Å². The molecule has 0 aliphatic heterocycles. The van der Waals surface area contributed by atoms with E-state index in [-0.39, 0.29) is 14.9 Å². The zero-order chi connectivity index (χ0) is 41.7. The number of hydrogen-bond donors (Lipinski definition) is 2. The van der Waals surface area contributed by atoms with Gasteiger partial charge in [0.05, 0.1) is 21.4 Å². The highest BCUT2D eigenvalue weighted by molar-refractivity contribution is 7.89. The van der Waals surface area contributed by atoms with Gasteiger partial charge in [0.2, 0.25) is 16.0 Å². The lowest BCUT2D eigenvalue weighted by molar-refractivity contribution is 0.597. The zero-order valence-corrected chi connectivity index (χ0v) is 15.7. The van der Waals surface area contributed by atoms with Gasteiger partial charge in [0.25, 0.3) is 0 Å². The molecular formula is C21H23N7O2S. The van der Waals surface area contributed by atoms with Crippen molar-refractivity contribution in [3.05, 3.63) is 59.7 Å². The van der Waals surface area contributed by atoms with E-state index in [0.717, 1.165) is 0 Å². The maximum Gasteiger partial charge on any atom is 0.238 e. The molecule has 0 unspecified atom stereocenters. The van der Waals surface area contributed by atoms with Gasteiger partial charge in [0.1, 0.15) is 8.64 Å². The summed E-state index contributed by atoms with van der Waals surface area (Å²) in [7, 11) is -5.56. The van der Waals surface area contributed by atoms with Crippen LogP contribution in [0.25, 0.3) is 10.9 Å². The van der Waals surface area contributed by atoms with Crippen molar-refractivity contribution in [2.75, 3.05) is 17.2 Å². The highest BCUT2D eigenvalue weighted by Gasteiger charge is 2.14. The van der Waals surface area contributed by atoms with Crippen LogP contribution in [0.4, 0.5) is 23.1 Å². The van der Waals surface area contributed by atoms with E-state index >= 15 is 0 Å². The van der Waals surface area contributed by atoms with Gasteiger partial charge in [-0.15, -0.1) is 0 Å². The summed E-state index contributed by atoms with van der Waals surface area (Å²) in [6, 6.07) is -9.06. The Morgan fingerprint density at radius 2 is 2.19 bits per heavy atom. The molecule has 0 aliphatic carbocycles. The summed E-state index contributed by atoms with van der Waals surface area (Å²) in [5.74, 6) is -2.52. The molecular weight excluding hydrogens is 414 g/mol. The van der Waals surface area contributed by atoms with Gasteiger partial charge >= 0.3 is 0 Å². The molecule has 3 N–H and O–H groups in total. The van der Waals surface area contributed by atoms with Crippen molar-refractivity contribution in [3.63, 3.8) is 0 Å². The molecule has 0 radical (unpaired) electrons. The van der Waals surface area contributed by atoms with Gasteiger partial charge < -0.3 is 10.2 Å². The van der Waals surface area contributed by atoms with Crippen molar-refractivity contribution in [2.45, 2.75) is 18.6 Å². The first-order valence-electron chi connectivity index (χ1n) is 19.2. The molecule has 160 valence electrons. The third kappa shape index (κ3) is 4.07. The number of rotatable bonds is 6. The predicted molar refractivity (Wildman–Crippen MR) is 121 cm³/mol. The van der Waals surface area contributed by atoms with Gasteiger partial charge in [-0.1, -0.05) is 6.04 Å². The fraction of sp³-hybridized carbons (Fsp3) is 0.190. The standard InChI is InChI=1S/C21H23N7O2S/c1-13-5-6-15(11-19(13)31(22,29)30)24-21-23-10-9-20(25-21)27(3)16-7-8-17-14(2)28(4)26-18(17)12-16/h5-12H,1-4H3,(H2,22,29,30)(H,23,24,25)/i1D3,2D3,3D3,4D3,5D,6D,7D,8D,9D,10D,11D,12D/hD3. The smallest absolute Gasteiger partial charge is 0.238 e. The molecule has 0 bridgehead atoms. The molecule has 2 heterocycles. The summed E-state index contributed by atoms with van der Waals surface area (Å²) in [6.07, 6.45) is -1.23. The Morgan fingerprint density at radius 1 is 1.26 bits per heavy atom. The highest BCUT2D eigenvalue weighted by atomic mass is 32.2. The maximum absolute atomic E-state index is 12.9. The van der Waals surface area contributed by atoms with Crippen molar-refractivity contribution in [3.8, 4) is 0 Å². The molecule has 10 heteroatoms. The first kappa shape index (κ1) is 6.75. The lowest BCUT2D eigenvalue weighted by Crippen LogP contribution is -2.14. The Balaban J connectivity index is 2.13. The van der Waals surface area contributed by atoms with Crippen molar-refractivity contribution in [2.24, 2.45) is 12.1 Å². The van der Waals surface area contributed by atoms with Gasteiger partial charge in [0.15, 0.2) is 1.41 Å². The average molecular weight is 461 g/mol. The topological polar surface area (TPSA) is 119 Å². The number of fused-ring (bicyclic) bond motifs is 1. The molecule has 4 aromatic rings. The van der Waals surface area contributed by atoms with Crippen LogP contribution in [-0.2, 0) is 17.0 Å². The molecule has 0 fully saturated rings. The number of anilines is 4. The lowest BCUT2D eigenvalue weighted by atomic mass is 10.2.